The van der Waals surface area contributed by atoms with Crippen molar-refractivity contribution in [2.45, 2.75) is 19.5 Å². The molecule has 128 valence electrons. The summed E-state index contributed by atoms with van der Waals surface area (Å²) in [4.78, 5) is 26.3. The third kappa shape index (κ3) is 3.06. The van der Waals surface area contributed by atoms with Crippen molar-refractivity contribution in [1.29, 1.82) is 0 Å². The quantitative estimate of drug-likeness (QED) is 0.783. The molecule has 3 aromatic heterocycles. The van der Waals surface area contributed by atoms with Crippen LogP contribution in [0.2, 0.25) is 0 Å². The van der Waals surface area contributed by atoms with E-state index in [1.54, 1.807) is 31.7 Å². The lowest BCUT2D eigenvalue weighted by Gasteiger charge is -2.27. The number of nitrogens with zero attached hydrogens (tertiary/aromatic N) is 3. The van der Waals surface area contributed by atoms with Crippen LogP contribution in [0.5, 0.6) is 5.88 Å². The maximum Gasteiger partial charge on any atom is 0.256 e. The van der Waals surface area contributed by atoms with Crippen LogP contribution in [0.25, 0.3) is 11.6 Å². The summed E-state index contributed by atoms with van der Waals surface area (Å²) in [7, 11) is 1.61. The molecule has 7 nitrogen and oxygen atoms in total. The fourth-order valence-corrected chi connectivity index (χ4v) is 3.12. The molecule has 1 aliphatic heterocycles. The number of aromatic nitrogens is 3. The second kappa shape index (κ2) is 6.52. The number of nitrogens with one attached hydrogen (secondary N) is 1. The number of aromatic amines is 1. The van der Waals surface area contributed by atoms with Crippen LogP contribution in [-0.4, -0.2) is 33.5 Å². The summed E-state index contributed by atoms with van der Waals surface area (Å²) >= 11 is 0. The summed E-state index contributed by atoms with van der Waals surface area (Å²) in [5.41, 5.74) is 2.44. The first kappa shape index (κ1) is 15.6. The smallest absolute Gasteiger partial charge is 0.256 e. The van der Waals surface area contributed by atoms with E-state index < -0.39 is 0 Å². The van der Waals surface area contributed by atoms with Gasteiger partial charge in [0.1, 0.15) is 0 Å². The Morgan fingerprint density at radius 2 is 2.28 bits per heavy atom. The molecular weight excluding hydrogens is 320 g/mol. The summed E-state index contributed by atoms with van der Waals surface area (Å²) < 4.78 is 10.6. The number of hydrogen-bond donors (Lipinski definition) is 1. The van der Waals surface area contributed by atoms with E-state index >= 15 is 0 Å². The van der Waals surface area contributed by atoms with Gasteiger partial charge in [0, 0.05) is 37.8 Å². The number of H-pyrrole nitrogens is 1. The highest BCUT2D eigenvalue weighted by atomic mass is 16.5. The van der Waals surface area contributed by atoms with Crippen molar-refractivity contribution in [3.05, 3.63) is 63.9 Å². The van der Waals surface area contributed by atoms with Crippen molar-refractivity contribution in [2.75, 3.05) is 13.7 Å². The normalized spacial score (nSPS) is 14.3. The van der Waals surface area contributed by atoms with E-state index in [-0.39, 0.29) is 5.56 Å². The van der Waals surface area contributed by atoms with E-state index in [1.807, 2.05) is 12.1 Å². The Balaban J connectivity index is 1.58. The predicted octanol–water partition coefficient (Wildman–Crippen LogP) is 1.99. The summed E-state index contributed by atoms with van der Waals surface area (Å²) in [6.07, 6.45) is 3.99. The van der Waals surface area contributed by atoms with E-state index in [4.69, 9.17) is 9.15 Å². The van der Waals surface area contributed by atoms with Crippen LogP contribution in [0, 0.1) is 0 Å². The average Bonchev–Trinajstić information content (AvgIpc) is 3.17. The lowest BCUT2D eigenvalue weighted by Crippen LogP contribution is -2.35. The van der Waals surface area contributed by atoms with Crippen molar-refractivity contribution >= 4 is 0 Å². The van der Waals surface area contributed by atoms with Gasteiger partial charge < -0.3 is 14.1 Å². The SMILES string of the molecule is COc1ncccc1CN1CCc2nc(-c3ccco3)[nH]c(=O)c2C1. The monoisotopic (exact) mass is 338 g/mol. The molecular formula is C18H18N4O3. The number of ether oxygens (including phenoxy) is 1. The number of hydrogen-bond acceptors (Lipinski definition) is 6. The largest absolute Gasteiger partial charge is 0.481 e. The number of rotatable bonds is 4. The Labute approximate surface area is 144 Å². The van der Waals surface area contributed by atoms with Gasteiger partial charge in [-0.2, -0.15) is 0 Å². The van der Waals surface area contributed by atoms with Crippen molar-refractivity contribution in [3.8, 4) is 17.5 Å². The highest BCUT2D eigenvalue weighted by molar-refractivity contribution is 5.47. The van der Waals surface area contributed by atoms with Crippen molar-refractivity contribution < 1.29 is 9.15 Å². The first-order chi connectivity index (χ1) is 12.2. The lowest BCUT2D eigenvalue weighted by molar-refractivity contribution is 0.237. The van der Waals surface area contributed by atoms with Gasteiger partial charge in [-0.15, -0.1) is 0 Å². The maximum atomic E-state index is 12.5. The highest BCUT2D eigenvalue weighted by Crippen LogP contribution is 2.22. The Bertz CT molecular complexity index is 934. The molecule has 0 bridgehead atoms. The molecule has 3 aromatic rings. The first-order valence-corrected chi connectivity index (χ1v) is 8.11. The highest BCUT2D eigenvalue weighted by Gasteiger charge is 2.22. The molecule has 0 fully saturated rings. The second-order valence-corrected chi connectivity index (χ2v) is 5.95. The average molecular weight is 338 g/mol. The molecule has 0 unspecified atom stereocenters. The van der Waals surface area contributed by atoms with Crippen LogP contribution in [0.4, 0.5) is 0 Å². The summed E-state index contributed by atoms with van der Waals surface area (Å²) in [5, 5.41) is 0. The molecule has 1 aliphatic rings. The fraction of sp³-hybridized carbons (Fsp3) is 0.278. The standard InChI is InChI=1S/C18H18N4O3/c1-24-18-12(4-2-7-19-18)10-22-8-6-14-13(11-22)17(23)21-16(20-14)15-5-3-9-25-15/h2-5,7,9H,6,8,10-11H2,1H3,(H,20,21,23). The van der Waals surface area contributed by atoms with Gasteiger partial charge in [-0.1, -0.05) is 6.07 Å². The van der Waals surface area contributed by atoms with Crippen LogP contribution in [-0.2, 0) is 19.5 Å². The van der Waals surface area contributed by atoms with Gasteiger partial charge in [0.25, 0.3) is 5.56 Å². The van der Waals surface area contributed by atoms with Crippen molar-refractivity contribution in [1.82, 2.24) is 19.9 Å². The van der Waals surface area contributed by atoms with Crippen LogP contribution >= 0.6 is 0 Å². The van der Waals surface area contributed by atoms with Gasteiger partial charge in [-0.25, -0.2) is 9.97 Å². The number of furan rings is 1. The zero-order valence-electron chi connectivity index (χ0n) is 13.9. The first-order valence-electron chi connectivity index (χ1n) is 8.11. The van der Waals surface area contributed by atoms with Gasteiger partial charge in [0.2, 0.25) is 5.88 Å². The zero-order chi connectivity index (χ0) is 17.2. The Hall–Kier alpha value is -2.93. The Morgan fingerprint density at radius 3 is 3.08 bits per heavy atom. The van der Waals surface area contributed by atoms with Gasteiger partial charge in [0.05, 0.1) is 24.6 Å². The molecule has 25 heavy (non-hydrogen) atoms. The van der Waals surface area contributed by atoms with Crippen LogP contribution in [0.1, 0.15) is 16.8 Å². The fourth-order valence-electron chi connectivity index (χ4n) is 3.12. The van der Waals surface area contributed by atoms with Crippen LogP contribution in [0.15, 0.2) is 45.9 Å². The molecule has 0 radical (unpaired) electrons. The molecule has 0 saturated heterocycles. The van der Waals surface area contributed by atoms with Gasteiger partial charge in [-0.3, -0.25) is 9.69 Å². The molecule has 4 heterocycles. The number of pyridine rings is 1. The second-order valence-electron chi connectivity index (χ2n) is 5.95. The Kier molecular flexibility index (Phi) is 4.07. The third-order valence-corrected chi connectivity index (χ3v) is 4.34. The summed E-state index contributed by atoms with van der Waals surface area (Å²) in [6.45, 7) is 2.04. The van der Waals surface area contributed by atoms with Crippen molar-refractivity contribution in [3.63, 3.8) is 0 Å². The molecule has 0 aliphatic carbocycles. The molecule has 7 heteroatoms. The van der Waals surface area contributed by atoms with E-state index in [9.17, 15) is 4.79 Å². The molecule has 4 rings (SSSR count). The van der Waals surface area contributed by atoms with Gasteiger partial charge >= 0.3 is 0 Å². The van der Waals surface area contributed by atoms with Gasteiger partial charge in [-0.05, 0) is 18.2 Å². The van der Waals surface area contributed by atoms with E-state index in [2.05, 4.69) is 19.9 Å². The van der Waals surface area contributed by atoms with Gasteiger partial charge in [0.15, 0.2) is 11.6 Å². The van der Waals surface area contributed by atoms with Crippen LogP contribution < -0.4 is 10.3 Å². The minimum atomic E-state index is -0.112. The predicted molar refractivity (Wildman–Crippen MR) is 91.2 cm³/mol. The molecule has 0 spiro atoms. The minimum absolute atomic E-state index is 0.112. The maximum absolute atomic E-state index is 12.5. The number of methoxy groups -OCH3 is 1. The molecule has 0 atom stereocenters. The molecule has 0 amide bonds. The third-order valence-electron chi connectivity index (χ3n) is 4.34. The Morgan fingerprint density at radius 1 is 1.36 bits per heavy atom. The van der Waals surface area contributed by atoms with E-state index in [0.717, 1.165) is 24.2 Å². The molecule has 0 saturated carbocycles. The van der Waals surface area contributed by atoms with Crippen LogP contribution in [0.3, 0.4) is 0 Å². The molecule has 0 aromatic carbocycles. The van der Waals surface area contributed by atoms with E-state index in [1.165, 1.54) is 0 Å². The minimum Gasteiger partial charge on any atom is -0.481 e. The topological polar surface area (TPSA) is 84.2 Å². The van der Waals surface area contributed by atoms with E-state index in [0.29, 0.717) is 36.1 Å². The zero-order valence-corrected chi connectivity index (χ0v) is 13.9. The number of fused-ring (bicyclic) bond motifs is 1. The lowest BCUT2D eigenvalue weighted by atomic mass is 10.1. The molecule has 1 N–H and O–H groups in total. The summed E-state index contributed by atoms with van der Waals surface area (Å²) in [6, 6.07) is 7.44. The summed E-state index contributed by atoms with van der Waals surface area (Å²) in [5.74, 6) is 1.67. The van der Waals surface area contributed by atoms with Crippen molar-refractivity contribution in [2.24, 2.45) is 0 Å².